The summed E-state index contributed by atoms with van der Waals surface area (Å²) in [5.74, 6) is 3.20. The predicted molar refractivity (Wildman–Crippen MR) is 90.4 cm³/mol. The molecule has 25 heavy (non-hydrogen) atoms. The van der Waals surface area contributed by atoms with E-state index in [-0.39, 0.29) is 29.7 Å². The normalized spacial score (nSPS) is 55.1. The predicted octanol–water partition coefficient (Wildman–Crippen LogP) is 3.45. The lowest BCUT2D eigenvalue weighted by Gasteiger charge is -2.34. The number of ether oxygens (including phenoxy) is 3. The topological polar surface area (TPSA) is 44.8 Å². The quantitative estimate of drug-likeness (QED) is 0.445. The van der Waals surface area contributed by atoms with E-state index in [1.165, 1.54) is 19.3 Å². The van der Waals surface area contributed by atoms with E-state index in [0.29, 0.717) is 23.7 Å². The first kappa shape index (κ1) is 15.2. The Bertz CT molecular complexity index is 619. The molecule has 0 amide bonds. The molecule has 2 saturated heterocycles. The molecule has 8 atom stereocenters. The highest BCUT2D eigenvalue weighted by Crippen LogP contribution is 2.61. The molecule has 5 fully saturated rings. The van der Waals surface area contributed by atoms with Gasteiger partial charge in [0, 0.05) is 0 Å². The van der Waals surface area contributed by atoms with Crippen molar-refractivity contribution in [2.75, 3.05) is 0 Å². The molecule has 0 aromatic rings. The maximum absolute atomic E-state index is 12.8. The SMILES string of the molecule is CC(OC(=O)C1CC2OC1C1C3C=CC(C3)C21)OC12CCC(CC1)C2. The second-order valence-corrected chi connectivity index (χ2v) is 9.54. The molecule has 0 aromatic heterocycles. The van der Waals surface area contributed by atoms with Crippen LogP contribution in [0.4, 0.5) is 0 Å². The van der Waals surface area contributed by atoms with Gasteiger partial charge in [-0.2, -0.15) is 0 Å². The summed E-state index contributed by atoms with van der Waals surface area (Å²) in [5.41, 5.74) is -0.00393. The Morgan fingerprint density at radius 2 is 1.92 bits per heavy atom. The third-order valence-corrected chi connectivity index (χ3v) is 8.28. The molecule has 0 N–H and O–H groups in total. The third kappa shape index (κ3) is 2.10. The summed E-state index contributed by atoms with van der Waals surface area (Å²) in [6.45, 7) is 1.90. The number of carbonyl (C=O) groups excluding carboxylic acids is 1. The van der Waals surface area contributed by atoms with Gasteiger partial charge in [-0.25, -0.2) is 0 Å². The fraction of sp³-hybridized carbons (Fsp3) is 0.857. The first-order valence-electron chi connectivity index (χ1n) is 10.3. The summed E-state index contributed by atoms with van der Waals surface area (Å²) in [7, 11) is 0. The van der Waals surface area contributed by atoms with Crippen molar-refractivity contribution in [3.05, 3.63) is 12.2 Å². The lowest BCUT2D eigenvalue weighted by atomic mass is 9.69. The fourth-order valence-electron chi connectivity index (χ4n) is 7.39. The molecular weight excluding hydrogens is 316 g/mol. The lowest BCUT2D eigenvalue weighted by Crippen LogP contribution is -2.41. The molecule has 0 aromatic carbocycles. The maximum atomic E-state index is 12.8. The van der Waals surface area contributed by atoms with Crippen LogP contribution in [-0.4, -0.2) is 30.1 Å². The monoisotopic (exact) mass is 344 g/mol. The third-order valence-electron chi connectivity index (χ3n) is 8.28. The van der Waals surface area contributed by atoms with E-state index in [2.05, 4.69) is 12.2 Å². The molecule has 3 saturated carbocycles. The van der Waals surface area contributed by atoms with Crippen LogP contribution >= 0.6 is 0 Å². The number of fused-ring (bicyclic) bond motifs is 11. The Labute approximate surface area is 149 Å². The smallest absolute Gasteiger partial charge is 0.313 e. The first-order chi connectivity index (χ1) is 12.1. The van der Waals surface area contributed by atoms with Crippen molar-refractivity contribution in [2.24, 2.45) is 35.5 Å². The van der Waals surface area contributed by atoms with Crippen LogP contribution in [0.15, 0.2) is 12.2 Å². The van der Waals surface area contributed by atoms with E-state index < -0.39 is 6.29 Å². The van der Waals surface area contributed by atoms with Crippen molar-refractivity contribution in [1.29, 1.82) is 0 Å². The van der Waals surface area contributed by atoms with Gasteiger partial charge < -0.3 is 14.2 Å². The zero-order valence-electron chi connectivity index (χ0n) is 14.9. The van der Waals surface area contributed by atoms with Crippen LogP contribution in [0.25, 0.3) is 0 Å². The van der Waals surface area contributed by atoms with Crippen LogP contribution in [0.2, 0.25) is 0 Å². The van der Waals surface area contributed by atoms with Gasteiger partial charge >= 0.3 is 5.97 Å². The molecule has 4 nitrogen and oxygen atoms in total. The molecule has 0 spiro atoms. The van der Waals surface area contributed by atoms with Crippen LogP contribution in [0.5, 0.6) is 0 Å². The van der Waals surface area contributed by atoms with E-state index in [9.17, 15) is 4.79 Å². The molecule has 0 radical (unpaired) electrons. The van der Waals surface area contributed by atoms with Gasteiger partial charge in [-0.05, 0) is 81.5 Å². The fourth-order valence-corrected chi connectivity index (χ4v) is 7.39. The number of hydrogen-bond acceptors (Lipinski definition) is 4. The first-order valence-corrected chi connectivity index (χ1v) is 10.3. The summed E-state index contributed by atoms with van der Waals surface area (Å²) in [6, 6.07) is 0. The minimum atomic E-state index is -0.431. The average Bonchev–Trinajstić information content (AvgIpc) is 3.39. The molecule has 6 rings (SSSR count). The van der Waals surface area contributed by atoms with Crippen molar-refractivity contribution in [2.45, 2.75) is 76.0 Å². The van der Waals surface area contributed by atoms with E-state index in [4.69, 9.17) is 14.2 Å². The minimum absolute atomic E-state index is 0.00393. The highest BCUT2D eigenvalue weighted by molar-refractivity contribution is 5.74. The Kier molecular flexibility index (Phi) is 3.10. The molecule has 8 unspecified atom stereocenters. The largest absolute Gasteiger partial charge is 0.436 e. The zero-order chi connectivity index (χ0) is 16.8. The number of allylic oxidation sites excluding steroid dienone is 2. The van der Waals surface area contributed by atoms with Crippen LogP contribution in [0.3, 0.4) is 0 Å². The van der Waals surface area contributed by atoms with Gasteiger partial charge in [0.1, 0.15) is 0 Å². The van der Waals surface area contributed by atoms with E-state index >= 15 is 0 Å². The Morgan fingerprint density at radius 1 is 1.16 bits per heavy atom. The molecule has 4 heteroatoms. The second kappa shape index (κ2) is 5.10. The highest BCUT2D eigenvalue weighted by atomic mass is 16.7. The van der Waals surface area contributed by atoms with Crippen molar-refractivity contribution in [3.63, 3.8) is 0 Å². The molecule has 6 aliphatic rings. The lowest BCUT2D eigenvalue weighted by molar-refractivity contribution is -0.210. The van der Waals surface area contributed by atoms with E-state index in [1.54, 1.807) is 0 Å². The molecule has 4 aliphatic carbocycles. The minimum Gasteiger partial charge on any atom is -0.436 e. The summed E-state index contributed by atoms with van der Waals surface area (Å²) < 4.78 is 18.2. The average molecular weight is 344 g/mol. The maximum Gasteiger partial charge on any atom is 0.313 e. The Hall–Kier alpha value is -0.870. The Morgan fingerprint density at radius 3 is 2.64 bits per heavy atom. The van der Waals surface area contributed by atoms with Crippen LogP contribution in [-0.2, 0) is 19.0 Å². The second-order valence-electron chi connectivity index (χ2n) is 9.54. The highest BCUT2D eigenvalue weighted by Gasteiger charge is 2.64. The summed E-state index contributed by atoms with van der Waals surface area (Å²) in [4.78, 5) is 12.8. The molecule has 2 heterocycles. The number of hydrogen-bond donors (Lipinski definition) is 0. The standard InChI is InChI=1S/C21H28O4/c1-11(25-21-6-4-12(10-21)5-7-21)23-20(22)15-9-16-17-13-2-3-14(8-13)18(17)19(15)24-16/h2-3,11-19H,4-10H2,1H3. The van der Waals surface area contributed by atoms with Gasteiger partial charge in [0.05, 0.1) is 23.7 Å². The van der Waals surface area contributed by atoms with Gasteiger partial charge in [0.25, 0.3) is 0 Å². The molecular formula is C21H28O4. The van der Waals surface area contributed by atoms with Gasteiger partial charge in [-0.15, -0.1) is 0 Å². The number of carbonyl (C=O) groups is 1. The zero-order valence-corrected chi connectivity index (χ0v) is 14.9. The van der Waals surface area contributed by atoms with Gasteiger partial charge in [0.2, 0.25) is 6.29 Å². The van der Waals surface area contributed by atoms with Crippen molar-refractivity contribution in [3.8, 4) is 0 Å². The summed E-state index contributed by atoms with van der Waals surface area (Å²) in [5, 5.41) is 0. The van der Waals surface area contributed by atoms with Crippen LogP contribution in [0, 0.1) is 35.5 Å². The van der Waals surface area contributed by atoms with Crippen molar-refractivity contribution < 1.29 is 19.0 Å². The number of esters is 1. The Balaban J connectivity index is 1.11. The van der Waals surface area contributed by atoms with E-state index in [0.717, 1.165) is 31.6 Å². The van der Waals surface area contributed by atoms with E-state index in [1.807, 2.05) is 6.92 Å². The number of rotatable bonds is 4. The van der Waals surface area contributed by atoms with Gasteiger partial charge in [-0.1, -0.05) is 12.2 Å². The van der Waals surface area contributed by atoms with Crippen LogP contribution < -0.4 is 0 Å². The van der Waals surface area contributed by atoms with Gasteiger partial charge in [-0.3, -0.25) is 4.79 Å². The van der Waals surface area contributed by atoms with Crippen LogP contribution in [0.1, 0.15) is 51.9 Å². The summed E-state index contributed by atoms with van der Waals surface area (Å²) >= 11 is 0. The van der Waals surface area contributed by atoms with Crippen molar-refractivity contribution in [1.82, 2.24) is 0 Å². The van der Waals surface area contributed by atoms with Gasteiger partial charge in [0.15, 0.2) is 0 Å². The molecule has 6 bridgehead atoms. The van der Waals surface area contributed by atoms with Crippen molar-refractivity contribution >= 4 is 5.97 Å². The molecule has 136 valence electrons. The summed E-state index contributed by atoms with van der Waals surface area (Å²) in [6.07, 6.45) is 12.8. The molecule has 2 aliphatic heterocycles.